The van der Waals surface area contributed by atoms with E-state index in [0.29, 0.717) is 6.42 Å². The minimum absolute atomic E-state index is 0.342. The number of carbonyl (C=O) groups is 2. The number of rotatable bonds is 5. The van der Waals surface area contributed by atoms with Crippen LogP contribution in [0, 0.1) is 0 Å². The highest BCUT2D eigenvalue weighted by molar-refractivity contribution is 8.13. The minimum Gasteiger partial charge on any atom is -0.361 e. The summed E-state index contributed by atoms with van der Waals surface area (Å²) in [5, 5.41) is -0.342. The van der Waals surface area contributed by atoms with Gasteiger partial charge in [0.15, 0.2) is 0 Å². The molecule has 0 aromatic rings. The van der Waals surface area contributed by atoms with Gasteiger partial charge in [0, 0.05) is 12.2 Å². The second-order valence-corrected chi connectivity index (χ2v) is 2.93. The van der Waals surface area contributed by atoms with Crippen LogP contribution in [0.25, 0.3) is 0 Å². The molecule has 1 amide bonds. The van der Waals surface area contributed by atoms with Crippen LogP contribution in [-0.2, 0) is 4.79 Å². The number of carbonyl (C=O) groups excluding carboxylic acids is 2. The minimum atomic E-state index is -0.342. The molecule has 10 heavy (non-hydrogen) atoms. The summed E-state index contributed by atoms with van der Waals surface area (Å²) in [4.78, 5) is 20.0. The van der Waals surface area contributed by atoms with E-state index in [2.05, 4.69) is 0 Å². The molecule has 0 aromatic carbocycles. The fraction of sp³-hybridized carbons (Fsp3) is 0.667. The molecule has 0 rings (SSSR count). The van der Waals surface area contributed by atoms with E-state index in [9.17, 15) is 9.59 Å². The number of hydrogen-bond donors (Lipinski definition) is 1. The van der Waals surface area contributed by atoms with Crippen molar-refractivity contribution in [2.24, 2.45) is 5.73 Å². The number of aldehydes is 1. The van der Waals surface area contributed by atoms with Gasteiger partial charge < -0.3 is 10.5 Å². The molecule has 4 heteroatoms. The Morgan fingerprint density at radius 3 is 2.70 bits per heavy atom. The molecule has 0 heterocycles. The van der Waals surface area contributed by atoms with E-state index in [1.54, 1.807) is 0 Å². The van der Waals surface area contributed by atoms with Gasteiger partial charge in [-0.25, -0.2) is 0 Å². The zero-order valence-electron chi connectivity index (χ0n) is 5.71. The number of hydrogen-bond acceptors (Lipinski definition) is 3. The van der Waals surface area contributed by atoms with E-state index in [1.165, 1.54) is 0 Å². The highest BCUT2D eigenvalue weighted by atomic mass is 32.2. The summed E-state index contributed by atoms with van der Waals surface area (Å²) in [6.45, 7) is 0. The molecular formula is C6H11NO2S. The van der Waals surface area contributed by atoms with Gasteiger partial charge in [0.25, 0.3) is 5.24 Å². The zero-order chi connectivity index (χ0) is 7.82. The molecule has 0 atom stereocenters. The van der Waals surface area contributed by atoms with Gasteiger partial charge in [-0.1, -0.05) is 11.8 Å². The fourth-order valence-electron chi connectivity index (χ4n) is 0.502. The molecule has 0 aromatic heterocycles. The molecule has 58 valence electrons. The average molecular weight is 161 g/mol. The van der Waals surface area contributed by atoms with Crippen molar-refractivity contribution < 1.29 is 9.59 Å². The predicted octanol–water partition coefficient (Wildman–Crippen LogP) is 1.17. The van der Waals surface area contributed by atoms with Gasteiger partial charge in [-0.3, -0.25) is 4.79 Å². The lowest BCUT2D eigenvalue weighted by molar-refractivity contribution is -0.107. The lowest BCUT2D eigenvalue weighted by atomic mass is 10.3. The molecule has 0 saturated heterocycles. The maximum Gasteiger partial charge on any atom is 0.276 e. The van der Waals surface area contributed by atoms with Gasteiger partial charge in [-0.15, -0.1) is 0 Å². The summed E-state index contributed by atoms with van der Waals surface area (Å²) in [6, 6.07) is 0. The molecule has 0 bridgehead atoms. The van der Waals surface area contributed by atoms with E-state index in [0.717, 1.165) is 36.6 Å². The molecule has 2 N–H and O–H groups in total. The Kier molecular flexibility index (Phi) is 6.27. The molecule has 0 unspecified atom stereocenters. The van der Waals surface area contributed by atoms with Crippen molar-refractivity contribution in [2.75, 3.05) is 5.75 Å². The monoisotopic (exact) mass is 161 g/mol. The maximum atomic E-state index is 10.1. The molecular weight excluding hydrogens is 150 g/mol. The Hall–Kier alpha value is -0.510. The van der Waals surface area contributed by atoms with Crippen molar-refractivity contribution in [1.29, 1.82) is 0 Å². The maximum absolute atomic E-state index is 10.1. The number of amides is 1. The van der Waals surface area contributed by atoms with Crippen LogP contribution in [0.3, 0.4) is 0 Å². The summed E-state index contributed by atoms with van der Waals surface area (Å²) < 4.78 is 0. The summed E-state index contributed by atoms with van der Waals surface area (Å²) in [7, 11) is 0. The lowest BCUT2D eigenvalue weighted by Gasteiger charge is -1.93. The standard InChI is InChI=1S/C6H11NO2S/c7-6(9)10-5-3-1-2-4-8/h4H,1-3,5H2,(H2,7,9). The highest BCUT2D eigenvalue weighted by Gasteiger charge is 1.93. The summed E-state index contributed by atoms with van der Waals surface area (Å²) in [6.07, 6.45) is 3.20. The summed E-state index contributed by atoms with van der Waals surface area (Å²) in [5.41, 5.74) is 4.86. The van der Waals surface area contributed by atoms with E-state index in [1.807, 2.05) is 0 Å². The van der Waals surface area contributed by atoms with Gasteiger partial charge in [0.05, 0.1) is 0 Å². The summed E-state index contributed by atoms with van der Waals surface area (Å²) >= 11 is 1.10. The first kappa shape index (κ1) is 9.49. The highest BCUT2D eigenvalue weighted by Crippen LogP contribution is 2.04. The van der Waals surface area contributed by atoms with Gasteiger partial charge in [-0.2, -0.15) is 0 Å². The SMILES string of the molecule is NC(=O)SCCCCC=O. The van der Waals surface area contributed by atoms with Crippen molar-refractivity contribution in [3.8, 4) is 0 Å². The Bertz CT molecular complexity index is 116. The first-order valence-corrected chi connectivity index (χ1v) is 4.12. The van der Waals surface area contributed by atoms with Crippen molar-refractivity contribution in [3.63, 3.8) is 0 Å². The third-order valence-electron chi connectivity index (χ3n) is 0.961. The Labute approximate surface area is 64.4 Å². The molecule has 3 nitrogen and oxygen atoms in total. The topological polar surface area (TPSA) is 60.2 Å². The van der Waals surface area contributed by atoms with Crippen molar-refractivity contribution in [2.45, 2.75) is 19.3 Å². The third-order valence-corrected chi connectivity index (χ3v) is 1.74. The van der Waals surface area contributed by atoms with Crippen LogP contribution in [-0.4, -0.2) is 17.3 Å². The molecule has 0 spiro atoms. The molecule has 0 aliphatic carbocycles. The van der Waals surface area contributed by atoms with Gasteiger partial charge in [0.2, 0.25) is 0 Å². The second kappa shape index (κ2) is 6.61. The molecule has 0 fully saturated rings. The smallest absolute Gasteiger partial charge is 0.276 e. The number of thioether (sulfide) groups is 1. The van der Waals surface area contributed by atoms with Crippen LogP contribution in [0.1, 0.15) is 19.3 Å². The van der Waals surface area contributed by atoms with Crippen molar-refractivity contribution >= 4 is 23.3 Å². The van der Waals surface area contributed by atoms with Gasteiger partial charge >= 0.3 is 0 Å². The fourth-order valence-corrected chi connectivity index (χ4v) is 1.05. The van der Waals surface area contributed by atoms with E-state index >= 15 is 0 Å². The van der Waals surface area contributed by atoms with Crippen LogP contribution in [0.4, 0.5) is 4.79 Å². The Morgan fingerprint density at radius 1 is 1.50 bits per heavy atom. The predicted molar refractivity (Wildman–Crippen MR) is 42.0 cm³/mol. The van der Waals surface area contributed by atoms with Crippen LogP contribution < -0.4 is 5.73 Å². The molecule has 0 radical (unpaired) electrons. The zero-order valence-corrected chi connectivity index (χ0v) is 6.52. The second-order valence-electron chi connectivity index (χ2n) is 1.83. The molecule has 0 aliphatic heterocycles. The Balaban J connectivity index is 2.90. The molecule has 0 aliphatic rings. The van der Waals surface area contributed by atoms with Gasteiger partial charge in [-0.05, 0) is 12.8 Å². The van der Waals surface area contributed by atoms with E-state index in [-0.39, 0.29) is 5.24 Å². The number of nitrogens with two attached hydrogens (primary N) is 1. The van der Waals surface area contributed by atoms with Crippen LogP contribution >= 0.6 is 11.8 Å². The lowest BCUT2D eigenvalue weighted by Crippen LogP contribution is -2.02. The normalized spacial score (nSPS) is 9.20. The van der Waals surface area contributed by atoms with Crippen molar-refractivity contribution in [1.82, 2.24) is 0 Å². The number of primary amides is 1. The summed E-state index contributed by atoms with van der Waals surface area (Å²) in [5.74, 6) is 0.725. The first-order chi connectivity index (χ1) is 4.77. The largest absolute Gasteiger partial charge is 0.361 e. The molecule has 0 saturated carbocycles. The quantitative estimate of drug-likeness (QED) is 0.486. The van der Waals surface area contributed by atoms with Crippen molar-refractivity contribution in [3.05, 3.63) is 0 Å². The third kappa shape index (κ3) is 7.49. The van der Waals surface area contributed by atoms with Crippen LogP contribution in [0.15, 0.2) is 0 Å². The van der Waals surface area contributed by atoms with Crippen LogP contribution in [0.2, 0.25) is 0 Å². The average Bonchev–Trinajstić information content (AvgIpc) is 1.87. The van der Waals surface area contributed by atoms with E-state index in [4.69, 9.17) is 5.73 Å². The first-order valence-electron chi connectivity index (χ1n) is 3.13. The van der Waals surface area contributed by atoms with E-state index < -0.39 is 0 Å². The van der Waals surface area contributed by atoms with Crippen LogP contribution in [0.5, 0.6) is 0 Å². The number of unbranched alkanes of at least 4 members (excludes halogenated alkanes) is 2. The van der Waals surface area contributed by atoms with Gasteiger partial charge in [0.1, 0.15) is 6.29 Å². The Morgan fingerprint density at radius 2 is 2.20 bits per heavy atom.